The highest BCUT2D eigenvalue weighted by atomic mass is 16.2. The van der Waals surface area contributed by atoms with E-state index >= 15 is 0 Å². The summed E-state index contributed by atoms with van der Waals surface area (Å²) in [4.78, 5) is 12.3. The zero-order valence-electron chi connectivity index (χ0n) is 13.0. The van der Waals surface area contributed by atoms with Crippen LogP contribution in [-0.2, 0) is 0 Å². The summed E-state index contributed by atoms with van der Waals surface area (Å²) in [7, 11) is 0. The number of hydrogen-bond donors (Lipinski definition) is 4. The van der Waals surface area contributed by atoms with Gasteiger partial charge in [-0.1, -0.05) is 42.0 Å². The Kier molecular flexibility index (Phi) is 3.52. The fourth-order valence-electron chi connectivity index (χ4n) is 3.37. The van der Waals surface area contributed by atoms with E-state index in [0.29, 0.717) is 5.56 Å². The van der Waals surface area contributed by atoms with E-state index < -0.39 is 0 Å². The van der Waals surface area contributed by atoms with Gasteiger partial charge in [0.15, 0.2) is 0 Å². The molecule has 0 saturated carbocycles. The number of amides is 1. The Morgan fingerprint density at radius 3 is 2.61 bits per heavy atom. The molecule has 0 aromatic heterocycles. The molecule has 2 aliphatic rings. The van der Waals surface area contributed by atoms with E-state index in [4.69, 9.17) is 0 Å². The van der Waals surface area contributed by atoms with Gasteiger partial charge in [0.2, 0.25) is 0 Å². The van der Waals surface area contributed by atoms with Crippen molar-refractivity contribution in [2.45, 2.75) is 19.1 Å². The average molecular weight is 308 g/mol. The third kappa shape index (κ3) is 2.58. The Morgan fingerprint density at radius 1 is 1.00 bits per heavy atom. The number of aryl methyl sites for hydroxylation is 1. The third-order valence-electron chi connectivity index (χ3n) is 4.66. The highest BCUT2D eigenvalue weighted by molar-refractivity contribution is 6.01. The highest BCUT2D eigenvalue weighted by Crippen LogP contribution is 2.31. The van der Waals surface area contributed by atoms with Gasteiger partial charge < -0.3 is 10.6 Å². The Balaban J connectivity index is 1.60. The predicted octanol–water partition coefficient (Wildman–Crippen LogP) is 1.94. The lowest BCUT2D eigenvalue weighted by Crippen LogP contribution is -2.51. The van der Waals surface area contributed by atoms with Crippen molar-refractivity contribution in [3.8, 4) is 0 Å². The van der Waals surface area contributed by atoms with Crippen LogP contribution in [0.2, 0.25) is 0 Å². The molecule has 1 amide bonds. The number of nitrogens with one attached hydrogen (secondary N) is 4. The van der Waals surface area contributed by atoms with Crippen LogP contribution in [0.5, 0.6) is 0 Å². The fraction of sp³-hybridized carbons (Fsp3) is 0.278. The molecule has 23 heavy (non-hydrogen) atoms. The zero-order chi connectivity index (χ0) is 15.8. The fourth-order valence-corrected chi connectivity index (χ4v) is 3.37. The van der Waals surface area contributed by atoms with Gasteiger partial charge in [0.1, 0.15) is 6.17 Å². The number of carbonyl (C=O) groups is 1. The first-order chi connectivity index (χ1) is 11.2. The van der Waals surface area contributed by atoms with Crippen LogP contribution in [0.25, 0.3) is 0 Å². The molecular formula is C18H20N4O. The number of hydrogen-bond acceptors (Lipinski definition) is 4. The highest BCUT2D eigenvalue weighted by Gasteiger charge is 2.37. The van der Waals surface area contributed by atoms with Gasteiger partial charge in [-0.25, -0.2) is 5.43 Å². The number of carbonyl (C=O) groups excluding carboxylic acids is 1. The maximum Gasteiger partial charge on any atom is 0.254 e. The summed E-state index contributed by atoms with van der Waals surface area (Å²) in [6.07, 6.45) is -0.105. The number of para-hydroxylation sites is 1. The number of anilines is 1. The topological polar surface area (TPSA) is 65.2 Å². The number of hydrazine groups is 1. The summed E-state index contributed by atoms with van der Waals surface area (Å²) in [5.41, 5.74) is 10.6. The molecule has 2 aromatic carbocycles. The Labute approximate surface area is 135 Å². The van der Waals surface area contributed by atoms with E-state index in [2.05, 4.69) is 52.7 Å². The minimum atomic E-state index is -0.105. The molecule has 0 bridgehead atoms. The summed E-state index contributed by atoms with van der Waals surface area (Å²) in [6.45, 7) is 2.88. The second-order valence-corrected chi connectivity index (χ2v) is 6.22. The van der Waals surface area contributed by atoms with Crippen LogP contribution < -0.4 is 21.5 Å². The van der Waals surface area contributed by atoms with Gasteiger partial charge in [0, 0.05) is 18.2 Å². The van der Waals surface area contributed by atoms with Crippen molar-refractivity contribution in [1.29, 1.82) is 0 Å². The molecule has 0 aliphatic carbocycles. The van der Waals surface area contributed by atoms with Gasteiger partial charge >= 0.3 is 0 Å². The summed E-state index contributed by atoms with van der Waals surface area (Å²) in [5.74, 6) is 0.203. The van der Waals surface area contributed by atoms with E-state index in [0.717, 1.165) is 12.2 Å². The molecule has 5 heteroatoms. The Hall–Kier alpha value is -2.37. The standard InChI is InChI=1S/C18H20N4O/c1-11-6-8-12(9-7-11)16-14(10-19-22-16)17-20-15-5-3-2-4-13(15)18(23)21-17/h2-9,14,16-17,19-20,22H,10H2,1H3,(H,21,23). The van der Waals surface area contributed by atoms with Crippen molar-refractivity contribution in [3.05, 3.63) is 65.2 Å². The summed E-state index contributed by atoms with van der Waals surface area (Å²) < 4.78 is 0. The lowest BCUT2D eigenvalue weighted by molar-refractivity contribution is 0.0921. The Morgan fingerprint density at radius 2 is 1.78 bits per heavy atom. The van der Waals surface area contributed by atoms with Crippen LogP contribution in [0.3, 0.4) is 0 Å². The minimum absolute atomic E-state index is 0.0149. The van der Waals surface area contributed by atoms with Crippen molar-refractivity contribution in [2.24, 2.45) is 5.92 Å². The molecule has 5 nitrogen and oxygen atoms in total. The summed E-state index contributed by atoms with van der Waals surface area (Å²) >= 11 is 0. The monoisotopic (exact) mass is 308 g/mol. The molecular weight excluding hydrogens is 288 g/mol. The SMILES string of the molecule is Cc1ccc(C2NNCC2C2NC(=O)c3ccccc3N2)cc1. The van der Waals surface area contributed by atoms with Crippen LogP contribution in [0.1, 0.15) is 27.5 Å². The van der Waals surface area contributed by atoms with Crippen molar-refractivity contribution in [2.75, 3.05) is 11.9 Å². The number of fused-ring (bicyclic) bond motifs is 1. The van der Waals surface area contributed by atoms with E-state index in [1.807, 2.05) is 24.3 Å². The molecule has 3 atom stereocenters. The molecule has 0 spiro atoms. The molecule has 2 aliphatic heterocycles. The molecule has 2 heterocycles. The second-order valence-electron chi connectivity index (χ2n) is 6.22. The minimum Gasteiger partial charge on any atom is -0.364 e. The van der Waals surface area contributed by atoms with Crippen LogP contribution in [0.15, 0.2) is 48.5 Å². The van der Waals surface area contributed by atoms with Gasteiger partial charge in [0.05, 0.1) is 11.6 Å². The van der Waals surface area contributed by atoms with Crippen LogP contribution in [-0.4, -0.2) is 18.6 Å². The lowest BCUT2D eigenvalue weighted by Gasteiger charge is -2.34. The second kappa shape index (κ2) is 5.68. The van der Waals surface area contributed by atoms with Crippen LogP contribution >= 0.6 is 0 Å². The van der Waals surface area contributed by atoms with Crippen molar-refractivity contribution < 1.29 is 4.79 Å². The molecule has 0 radical (unpaired) electrons. The molecule has 2 aromatic rings. The quantitative estimate of drug-likeness (QED) is 0.685. The first-order valence-corrected chi connectivity index (χ1v) is 7.94. The van der Waals surface area contributed by atoms with Gasteiger partial charge in [0.25, 0.3) is 5.91 Å². The smallest absolute Gasteiger partial charge is 0.254 e. The molecule has 4 rings (SSSR count). The van der Waals surface area contributed by atoms with Gasteiger partial charge in [-0.05, 0) is 24.6 Å². The van der Waals surface area contributed by atoms with Crippen LogP contribution in [0, 0.1) is 12.8 Å². The maximum absolute atomic E-state index is 12.3. The molecule has 3 unspecified atom stereocenters. The zero-order valence-corrected chi connectivity index (χ0v) is 13.0. The van der Waals surface area contributed by atoms with E-state index in [-0.39, 0.29) is 24.0 Å². The maximum atomic E-state index is 12.3. The first kappa shape index (κ1) is 14.2. The van der Waals surface area contributed by atoms with E-state index in [1.54, 1.807) is 0 Å². The summed E-state index contributed by atoms with van der Waals surface area (Å²) in [5, 5.41) is 6.56. The normalized spacial score (nSPS) is 26.3. The molecule has 118 valence electrons. The van der Waals surface area contributed by atoms with E-state index in [1.165, 1.54) is 11.1 Å². The van der Waals surface area contributed by atoms with Crippen molar-refractivity contribution >= 4 is 11.6 Å². The Bertz CT molecular complexity index is 728. The van der Waals surface area contributed by atoms with E-state index in [9.17, 15) is 4.79 Å². The molecule has 1 fully saturated rings. The van der Waals surface area contributed by atoms with Gasteiger partial charge in [-0.2, -0.15) is 0 Å². The van der Waals surface area contributed by atoms with Gasteiger partial charge in [-0.3, -0.25) is 10.2 Å². The molecule has 1 saturated heterocycles. The van der Waals surface area contributed by atoms with Crippen molar-refractivity contribution in [3.63, 3.8) is 0 Å². The third-order valence-corrected chi connectivity index (χ3v) is 4.66. The first-order valence-electron chi connectivity index (χ1n) is 7.94. The predicted molar refractivity (Wildman–Crippen MR) is 89.9 cm³/mol. The summed E-state index contributed by atoms with van der Waals surface area (Å²) in [6, 6.07) is 16.3. The van der Waals surface area contributed by atoms with Gasteiger partial charge in [-0.15, -0.1) is 0 Å². The average Bonchev–Trinajstić information content (AvgIpc) is 3.05. The number of benzene rings is 2. The van der Waals surface area contributed by atoms with Crippen molar-refractivity contribution in [1.82, 2.24) is 16.2 Å². The molecule has 4 N–H and O–H groups in total. The lowest BCUT2D eigenvalue weighted by atomic mass is 9.90. The van der Waals surface area contributed by atoms with Crippen LogP contribution in [0.4, 0.5) is 5.69 Å². The number of rotatable bonds is 2. The largest absolute Gasteiger partial charge is 0.364 e.